The van der Waals surface area contributed by atoms with Gasteiger partial charge in [0, 0.05) is 18.2 Å². The summed E-state index contributed by atoms with van der Waals surface area (Å²) in [6.45, 7) is -0.445. The van der Waals surface area contributed by atoms with E-state index in [9.17, 15) is 29.1 Å². The first-order valence-corrected chi connectivity index (χ1v) is 13.4. The molecule has 204 valence electrons. The summed E-state index contributed by atoms with van der Waals surface area (Å²) in [4.78, 5) is 67.3. The molecule has 1 N–H and O–H groups in total. The minimum atomic E-state index is -1.18. The van der Waals surface area contributed by atoms with Gasteiger partial charge in [-0.15, -0.1) is 0 Å². The minimum Gasteiger partial charge on any atom is -0.478 e. The summed E-state index contributed by atoms with van der Waals surface area (Å²) in [5, 5.41) is 8.67. The maximum atomic E-state index is 13.0. The zero-order chi connectivity index (χ0) is 28.9. The molecule has 2 amide bonds. The number of carboxylic acids is 1. The Morgan fingerprint density at radius 3 is 2.20 bits per heavy atom. The fraction of sp³-hybridized carbons (Fsp3) is 0.0968. The molecule has 10 heteroatoms. The van der Waals surface area contributed by atoms with Crippen LogP contribution in [0.15, 0.2) is 102 Å². The van der Waals surface area contributed by atoms with Gasteiger partial charge >= 0.3 is 11.9 Å². The summed E-state index contributed by atoms with van der Waals surface area (Å²) >= 11 is 0.921. The third kappa shape index (κ3) is 6.07. The van der Waals surface area contributed by atoms with Crippen molar-refractivity contribution in [2.24, 2.45) is 0 Å². The van der Waals surface area contributed by atoms with E-state index in [1.54, 1.807) is 12.1 Å². The van der Waals surface area contributed by atoms with Crippen molar-refractivity contribution >= 4 is 47.0 Å². The molecule has 1 aliphatic rings. The van der Waals surface area contributed by atoms with Gasteiger partial charge in [0.2, 0.25) is 11.8 Å². The molecule has 1 aliphatic heterocycles. The number of ether oxygens (including phenoxy) is 1. The van der Waals surface area contributed by atoms with Crippen LogP contribution >= 0.6 is 11.8 Å². The van der Waals surface area contributed by atoms with Crippen LogP contribution in [0.2, 0.25) is 0 Å². The number of carbonyl (C=O) groups is 5. The summed E-state index contributed by atoms with van der Waals surface area (Å²) in [6.07, 6.45) is 1.29. The van der Waals surface area contributed by atoms with Crippen LogP contribution in [0.3, 0.4) is 0 Å². The van der Waals surface area contributed by atoms with Gasteiger partial charge in [-0.1, -0.05) is 66.4 Å². The van der Waals surface area contributed by atoms with E-state index in [0.717, 1.165) is 27.8 Å². The zero-order valence-electron chi connectivity index (χ0n) is 21.4. The number of aromatic nitrogens is 1. The molecule has 41 heavy (non-hydrogen) atoms. The van der Waals surface area contributed by atoms with Gasteiger partial charge in [0.15, 0.2) is 12.4 Å². The number of pyridine rings is 1. The molecule has 2 heterocycles. The van der Waals surface area contributed by atoms with Gasteiger partial charge in [-0.3, -0.25) is 14.4 Å². The number of ketones is 1. The van der Waals surface area contributed by atoms with Gasteiger partial charge in [0.05, 0.1) is 22.1 Å². The number of rotatable bonds is 9. The van der Waals surface area contributed by atoms with E-state index < -0.39 is 35.6 Å². The molecule has 0 radical (unpaired) electrons. The largest absolute Gasteiger partial charge is 0.478 e. The number of esters is 1. The second-order valence-electron chi connectivity index (χ2n) is 9.03. The lowest BCUT2D eigenvalue weighted by Crippen LogP contribution is -2.31. The van der Waals surface area contributed by atoms with Crippen LogP contribution in [-0.4, -0.2) is 51.5 Å². The number of Topliss-reactive ketones (excluding diaryl/α,β-unsaturated/α-hetero) is 1. The summed E-state index contributed by atoms with van der Waals surface area (Å²) < 4.78 is 5.19. The molecule has 0 bridgehead atoms. The third-order valence-electron chi connectivity index (χ3n) is 6.37. The van der Waals surface area contributed by atoms with Crippen molar-refractivity contribution in [3.8, 4) is 11.1 Å². The Kier molecular flexibility index (Phi) is 8.02. The summed E-state index contributed by atoms with van der Waals surface area (Å²) in [7, 11) is 0. The van der Waals surface area contributed by atoms with E-state index in [1.807, 2.05) is 42.5 Å². The molecule has 1 atom stereocenters. The van der Waals surface area contributed by atoms with Crippen molar-refractivity contribution in [1.29, 1.82) is 0 Å². The molecular weight excluding hydrogens is 544 g/mol. The number of nitrogens with zero attached hydrogens (tertiary/aromatic N) is 2. The quantitative estimate of drug-likeness (QED) is 0.171. The Bertz CT molecular complexity index is 1640. The first-order chi connectivity index (χ1) is 19.8. The van der Waals surface area contributed by atoms with Crippen molar-refractivity contribution in [3.63, 3.8) is 0 Å². The van der Waals surface area contributed by atoms with Gasteiger partial charge < -0.3 is 9.84 Å². The molecule has 1 aromatic heterocycles. The molecule has 4 aromatic rings. The van der Waals surface area contributed by atoms with E-state index >= 15 is 0 Å². The number of thioether (sulfide) groups is 1. The topological polar surface area (TPSA) is 131 Å². The fourth-order valence-electron chi connectivity index (χ4n) is 4.27. The Labute approximate surface area is 238 Å². The average molecular weight is 567 g/mol. The van der Waals surface area contributed by atoms with Crippen LogP contribution in [0.25, 0.3) is 11.1 Å². The lowest BCUT2D eigenvalue weighted by molar-refractivity contribution is -0.121. The van der Waals surface area contributed by atoms with E-state index in [4.69, 9.17) is 4.74 Å². The lowest BCUT2D eigenvalue weighted by atomic mass is 10.0. The predicted molar refractivity (Wildman–Crippen MR) is 151 cm³/mol. The standard InChI is InChI=1S/C31H22N2O7S/c34-25(21-10-8-20(9-11-21)19-5-2-1-3-6-19)18-40-31(39)22-12-14-23(15-13-22)33-27(35)17-26(29(33)36)41-28-24(30(37)38)7-4-16-32-28/h1-16,26H,17-18H2,(H,37,38). The predicted octanol–water partition coefficient (Wildman–Crippen LogP) is 4.91. The van der Waals surface area contributed by atoms with Crippen molar-refractivity contribution < 1.29 is 33.8 Å². The van der Waals surface area contributed by atoms with E-state index in [1.165, 1.54) is 42.6 Å². The number of hydrogen-bond acceptors (Lipinski definition) is 8. The van der Waals surface area contributed by atoms with Crippen LogP contribution in [0.1, 0.15) is 37.5 Å². The Morgan fingerprint density at radius 2 is 1.51 bits per heavy atom. The summed E-state index contributed by atoms with van der Waals surface area (Å²) in [5.74, 6) is -3.24. The highest BCUT2D eigenvalue weighted by atomic mass is 32.2. The average Bonchev–Trinajstić information content (AvgIpc) is 3.28. The number of imide groups is 1. The SMILES string of the molecule is O=C(COC(=O)c1ccc(N2C(=O)CC(Sc3ncccc3C(=O)O)C2=O)cc1)c1ccc(-c2ccccc2)cc1. The fourth-order valence-corrected chi connectivity index (χ4v) is 5.38. The molecular formula is C31H22N2O7S. The van der Waals surface area contributed by atoms with Crippen molar-refractivity contribution in [3.05, 3.63) is 114 Å². The molecule has 1 unspecified atom stereocenters. The third-order valence-corrected chi connectivity index (χ3v) is 7.57. The molecule has 5 rings (SSSR count). The number of anilines is 1. The molecule has 1 fully saturated rings. The second kappa shape index (κ2) is 12.0. The maximum Gasteiger partial charge on any atom is 0.338 e. The molecule has 9 nitrogen and oxygen atoms in total. The van der Waals surface area contributed by atoms with Gasteiger partial charge in [-0.2, -0.15) is 0 Å². The smallest absolute Gasteiger partial charge is 0.338 e. The van der Waals surface area contributed by atoms with Crippen LogP contribution in [0.5, 0.6) is 0 Å². The summed E-state index contributed by atoms with van der Waals surface area (Å²) in [6, 6.07) is 25.3. The van der Waals surface area contributed by atoms with E-state index in [0.29, 0.717) is 5.56 Å². The first kappa shape index (κ1) is 27.5. The van der Waals surface area contributed by atoms with Crippen LogP contribution < -0.4 is 4.90 Å². The van der Waals surface area contributed by atoms with Crippen molar-refractivity contribution in [1.82, 2.24) is 4.98 Å². The van der Waals surface area contributed by atoms with Crippen LogP contribution in [-0.2, 0) is 14.3 Å². The molecule has 0 aliphatic carbocycles. The zero-order valence-corrected chi connectivity index (χ0v) is 22.2. The van der Waals surface area contributed by atoms with Crippen molar-refractivity contribution in [2.75, 3.05) is 11.5 Å². The minimum absolute atomic E-state index is 0.0539. The number of aromatic carboxylic acids is 1. The maximum absolute atomic E-state index is 13.0. The Hall–Kier alpha value is -5.09. The lowest BCUT2D eigenvalue weighted by Gasteiger charge is -2.15. The molecule has 3 aromatic carbocycles. The molecule has 0 spiro atoms. The van der Waals surface area contributed by atoms with Crippen LogP contribution in [0, 0.1) is 0 Å². The van der Waals surface area contributed by atoms with Gasteiger partial charge in [0.25, 0.3) is 0 Å². The highest BCUT2D eigenvalue weighted by molar-refractivity contribution is 8.00. The van der Waals surface area contributed by atoms with Crippen molar-refractivity contribution in [2.45, 2.75) is 16.7 Å². The van der Waals surface area contributed by atoms with Gasteiger partial charge in [-0.25, -0.2) is 19.5 Å². The van der Waals surface area contributed by atoms with Gasteiger partial charge in [-0.05, 0) is 47.5 Å². The van der Waals surface area contributed by atoms with E-state index in [2.05, 4.69) is 4.98 Å². The first-order valence-electron chi connectivity index (χ1n) is 12.5. The highest BCUT2D eigenvalue weighted by Crippen LogP contribution is 2.34. The number of benzene rings is 3. The normalized spacial score (nSPS) is 14.6. The number of carbonyl (C=O) groups excluding carboxylic acids is 4. The number of amides is 2. The second-order valence-corrected chi connectivity index (χ2v) is 10.2. The monoisotopic (exact) mass is 566 g/mol. The van der Waals surface area contributed by atoms with Gasteiger partial charge in [0.1, 0.15) is 5.03 Å². The van der Waals surface area contributed by atoms with Crippen LogP contribution in [0.4, 0.5) is 5.69 Å². The number of carboxylic acid groups (broad SMARTS) is 1. The molecule has 1 saturated heterocycles. The molecule has 0 saturated carbocycles. The Balaban J connectivity index is 1.19. The number of hydrogen-bond donors (Lipinski definition) is 1. The summed E-state index contributed by atoms with van der Waals surface area (Å²) in [5.41, 5.74) is 2.74. The van der Waals surface area contributed by atoms with E-state index in [-0.39, 0.29) is 34.0 Å². The Morgan fingerprint density at radius 1 is 0.854 bits per heavy atom. The highest BCUT2D eigenvalue weighted by Gasteiger charge is 2.41.